The van der Waals surface area contributed by atoms with Crippen molar-refractivity contribution in [1.82, 2.24) is 0 Å². The first kappa shape index (κ1) is 26.1. The summed E-state index contributed by atoms with van der Waals surface area (Å²) in [7, 11) is 0. The number of hydrogen-bond acceptors (Lipinski definition) is 2. The molecule has 0 amide bonds. The van der Waals surface area contributed by atoms with Crippen LogP contribution in [0.5, 0.6) is 5.75 Å². The monoisotopic (exact) mass is 466 g/mol. The van der Waals surface area contributed by atoms with Gasteiger partial charge in [0.15, 0.2) is 0 Å². The van der Waals surface area contributed by atoms with E-state index < -0.39 is 11.7 Å². The van der Waals surface area contributed by atoms with Gasteiger partial charge in [0.1, 0.15) is 5.75 Å². The molecule has 5 heteroatoms. The predicted molar refractivity (Wildman–Crippen MR) is 126 cm³/mol. The summed E-state index contributed by atoms with van der Waals surface area (Å²) in [6, 6.07) is 4.32. The molecule has 2 saturated carbocycles. The van der Waals surface area contributed by atoms with Gasteiger partial charge in [-0.1, -0.05) is 64.7 Å². The normalized spacial score (nSPS) is 26.2. The van der Waals surface area contributed by atoms with E-state index in [-0.39, 0.29) is 11.7 Å². The van der Waals surface area contributed by atoms with E-state index in [9.17, 15) is 18.0 Å². The summed E-state index contributed by atoms with van der Waals surface area (Å²) in [5.74, 6) is 3.12. The molecule has 0 saturated heterocycles. The third-order valence-electron chi connectivity index (χ3n) is 8.09. The van der Waals surface area contributed by atoms with Gasteiger partial charge in [-0.05, 0) is 80.0 Å². The molecule has 1 aromatic carbocycles. The second kappa shape index (κ2) is 12.8. The summed E-state index contributed by atoms with van der Waals surface area (Å²) in [4.78, 5) is 12.1. The molecule has 2 aliphatic carbocycles. The standard InChI is InChI=1S/C28H41F3O2/c1-2-3-4-5-6-21-7-12-23(13-8-21)24-14-9-22(10-15-24)11-20-27(32)33-26-18-16-25(17-19-26)28(29,30)31/h16-19,21-24H,2-15,20H2,1H3. The van der Waals surface area contributed by atoms with Gasteiger partial charge in [-0.2, -0.15) is 13.2 Å². The molecule has 1 aromatic rings. The van der Waals surface area contributed by atoms with Crippen molar-refractivity contribution in [2.45, 2.75) is 109 Å². The van der Waals surface area contributed by atoms with Crippen molar-refractivity contribution in [3.05, 3.63) is 29.8 Å². The van der Waals surface area contributed by atoms with Crippen molar-refractivity contribution in [2.24, 2.45) is 23.7 Å². The molecule has 0 bridgehead atoms. The fraction of sp³-hybridized carbons (Fsp3) is 0.750. The Bertz CT molecular complexity index is 697. The number of ether oxygens (including phenoxy) is 1. The molecule has 2 nitrogen and oxygen atoms in total. The van der Waals surface area contributed by atoms with Crippen LogP contribution in [-0.2, 0) is 11.0 Å². The minimum Gasteiger partial charge on any atom is -0.427 e. The molecule has 0 aliphatic heterocycles. The number of esters is 1. The largest absolute Gasteiger partial charge is 0.427 e. The Hall–Kier alpha value is -1.52. The van der Waals surface area contributed by atoms with Crippen LogP contribution in [0.15, 0.2) is 24.3 Å². The Balaban J connectivity index is 1.29. The molecule has 2 aliphatic rings. The maximum absolute atomic E-state index is 12.6. The van der Waals surface area contributed by atoms with Crippen LogP contribution in [0.2, 0.25) is 0 Å². The number of alkyl halides is 3. The highest BCUT2D eigenvalue weighted by Crippen LogP contribution is 2.43. The minimum absolute atomic E-state index is 0.178. The molecular formula is C28H41F3O2. The van der Waals surface area contributed by atoms with Gasteiger partial charge in [-0.25, -0.2) is 0 Å². The van der Waals surface area contributed by atoms with Crippen molar-refractivity contribution < 1.29 is 22.7 Å². The molecule has 0 N–H and O–H groups in total. The van der Waals surface area contributed by atoms with E-state index in [0.717, 1.165) is 36.3 Å². The molecule has 186 valence electrons. The quantitative estimate of drug-likeness (QED) is 0.195. The molecule has 0 radical (unpaired) electrons. The average Bonchev–Trinajstić information content (AvgIpc) is 2.81. The topological polar surface area (TPSA) is 26.3 Å². The SMILES string of the molecule is CCCCCCC1CCC(C2CCC(CCC(=O)Oc3ccc(C(F)(F)F)cc3)CC2)CC1. The van der Waals surface area contributed by atoms with Crippen LogP contribution in [-0.4, -0.2) is 5.97 Å². The molecule has 0 aromatic heterocycles. The number of unbranched alkanes of at least 4 members (excludes halogenated alkanes) is 3. The van der Waals surface area contributed by atoms with E-state index >= 15 is 0 Å². The number of rotatable bonds is 10. The fourth-order valence-electron chi connectivity index (χ4n) is 5.97. The second-order valence-corrected chi connectivity index (χ2v) is 10.4. The first-order chi connectivity index (χ1) is 15.8. The van der Waals surface area contributed by atoms with E-state index in [4.69, 9.17) is 4.74 Å². The zero-order valence-electron chi connectivity index (χ0n) is 20.2. The Labute approximate surface area is 197 Å². The third-order valence-corrected chi connectivity index (χ3v) is 8.09. The van der Waals surface area contributed by atoms with Gasteiger partial charge < -0.3 is 4.74 Å². The Morgan fingerprint density at radius 2 is 1.36 bits per heavy atom. The van der Waals surface area contributed by atoms with Crippen LogP contribution in [0.4, 0.5) is 13.2 Å². The lowest BCUT2D eigenvalue weighted by Gasteiger charge is -2.38. The average molecular weight is 467 g/mol. The lowest BCUT2D eigenvalue weighted by Crippen LogP contribution is -2.26. The first-order valence-electron chi connectivity index (χ1n) is 13.2. The van der Waals surface area contributed by atoms with Crippen molar-refractivity contribution in [2.75, 3.05) is 0 Å². The number of carbonyl (C=O) groups is 1. The number of carbonyl (C=O) groups excluding carboxylic acids is 1. The Morgan fingerprint density at radius 3 is 1.88 bits per heavy atom. The maximum atomic E-state index is 12.6. The number of hydrogen-bond donors (Lipinski definition) is 0. The molecule has 0 unspecified atom stereocenters. The third kappa shape index (κ3) is 8.64. The first-order valence-corrected chi connectivity index (χ1v) is 13.2. The number of benzene rings is 1. The highest BCUT2D eigenvalue weighted by molar-refractivity contribution is 5.72. The van der Waals surface area contributed by atoms with Gasteiger partial charge in [-0.3, -0.25) is 4.79 Å². The van der Waals surface area contributed by atoms with Crippen LogP contribution in [0.25, 0.3) is 0 Å². The lowest BCUT2D eigenvalue weighted by atomic mass is 9.68. The molecule has 0 atom stereocenters. The van der Waals surface area contributed by atoms with Gasteiger partial charge in [0.25, 0.3) is 0 Å². The van der Waals surface area contributed by atoms with Crippen molar-refractivity contribution in [3.63, 3.8) is 0 Å². The molecule has 2 fully saturated rings. The minimum atomic E-state index is -4.38. The smallest absolute Gasteiger partial charge is 0.416 e. The second-order valence-electron chi connectivity index (χ2n) is 10.4. The van der Waals surface area contributed by atoms with E-state index in [1.54, 1.807) is 0 Å². The highest BCUT2D eigenvalue weighted by atomic mass is 19.4. The Kier molecular flexibility index (Phi) is 10.1. The van der Waals surface area contributed by atoms with Gasteiger partial charge in [0.2, 0.25) is 0 Å². The van der Waals surface area contributed by atoms with Gasteiger partial charge in [-0.15, -0.1) is 0 Å². The van der Waals surface area contributed by atoms with Crippen molar-refractivity contribution in [3.8, 4) is 5.75 Å². The summed E-state index contributed by atoms with van der Waals surface area (Å²) in [5, 5.41) is 0. The van der Waals surface area contributed by atoms with Crippen molar-refractivity contribution in [1.29, 1.82) is 0 Å². The molecule has 0 spiro atoms. The molecule has 33 heavy (non-hydrogen) atoms. The van der Waals surface area contributed by atoms with Crippen LogP contribution in [0, 0.1) is 23.7 Å². The van der Waals surface area contributed by atoms with Gasteiger partial charge in [0.05, 0.1) is 5.56 Å². The Morgan fingerprint density at radius 1 is 0.818 bits per heavy atom. The summed E-state index contributed by atoms with van der Waals surface area (Å²) in [5.41, 5.74) is -0.737. The zero-order chi connectivity index (χ0) is 23.7. The summed E-state index contributed by atoms with van der Waals surface area (Å²) < 4.78 is 43.1. The lowest BCUT2D eigenvalue weighted by molar-refractivity contribution is -0.137. The van der Waals surface area contributed by atoms with E-state index in [1.165, 1.54) is 95.6 Å². The zero-order valence-corrected chi connectivity index (χ0v) is 20.2. The van der Waals surface area contributed by atoms with E-state index in [2.05, 4.69) is 6.92 Å². The number of halogens is 3. The molecule has 3 rings (SSSR count). The van der Waals surface area contributed by atoms with E-state index in [1.807, 2.05) is 0 Å². The van der Waals surface area contributed by atoms with Crippen LogP contribution >= 0.6 is 0 Å². The van der Waals surface area contributed by atoms with Crippen LogP contribution in [0.1, 0.15) is 109 Å². The van der Waals surface area contributed by atoms with Crippen molar-refractivity contribution >= 4 is 5.97 Å². The predicted octanol–water partition coefficient (Wildman–Crippen LogP) is 8.97. The highest BCUT2D eigenvalue weighted by Gasteiger charge is 2.31. The summed E-state index contributed by atoms with van der Waals surface area (Å²) in [6.45, 7) is 2.27. The summed E-state index contributed by atoms with van der Waals surface area (Å²) >= 11 is 0. The molecule has 0 heterocycles. The summed E-state index contributed by atoms with van der Waals surface area (Å²) in [6.07, 6.45) is 14.3. The van der Waals surface area contributed by atoms with Gasteiger partial charge in [0, 0.05) is 6.42 Å². The fourth-order valence-corrected chi connectivity index (χ4v) is 5.97. The van der Waals surface area contributed by atoms with Gasteiger partial charge >= 0.3 is 12.1 Å². The van der Waals surface area contributed by atoms with Crippen LogP contribution < -0.4 is 4.74 Å². The van der Waals surface area contributed by atoms with Crippen LogP contribution in [0.3, 0.4) is 0 Å². The molecular weight excluding hydrogens is 425 g/mol. The maximum Gasteiger partial charge on any atom is 0.416 e. The van der Waals surface area contributed by atoms with E-state index in [0.29, 0.717) is 12.3 Å².